The number of carbonyl (C=O) groups excluding carboxylic acids is 1. The minimum absolute atomic E-state index is 0.172. The van der Waals surface area contributed by atoms with Crippen LogP contribution >= 0.6 is 0 Å². The molecule has 1 amide bonds. The summed E-state index contributed by atoms with van der Waals surface area (Å²) in [5.74, 6) is 1.35. The number of ether oxygens (including phenoxy) is 2. The predicted molar refractivity (Wildman–Crippen MR) is 74.8 cm³/mol. The van der Waals surface area contributed by atoms with E-state index in [-0.39, 0.29) is 12.0 Å². The Morgan fingerprint density at radius 3 is 3.05 bits per heavy atom. The number of allylic oxidation sites excluding steroid dienone is 1. The second-order valence-corrected chi connectivity index (χ2v) is 4.51. The van der Waals surface area contributed by atoms with E-state index in [1.54, 1.807) is 13.0 Å². The molecular formula is C15H19NO3. The molecule has 0 bridgehead atoms. The molecule has 1 aromatic rings. The molecule has 2 rings (SSSR count). The largest absolute Gasteiger partial charge is 0.492 e. The summed E-state index contributed by atoms with van der Waals surface area (Å²) in [6.07, 6.45) is 4.22. The highest BCUT2D eigenvalue weighted by atomic mass is 16.5. The van der Waals surface area contributed by atoms with Gasteiger partial charge in [0.2, 0.25) is 5.91 Å². The molecule has 1 N–H and O–H groups in total. The van der Waals surface area contributed by atoms with Crippen LogP contribution in [0, 0.1) is 0 Å². The van der Waals surface area contributed by atoms with Gasteiger partial charge in [0.1, 0.15) is 17.6 Å². The zero-order valence-corrected chi connectivity index (χ0v) is 11.5. The van der Waals surface area contributed by atoms with Crippen molar-refractivity contribution in [3.63, 3.8) is 0 Å². The normalized spacial score (nSPS) is 17.1. The Bertz CT molecular complexity index is 508. The molecular weight excluding hydrogens is 242 g/mol. The molecule has 1 heterocycles. The van der Waals surface area contributed by atoms with E-state index in [0.29, 0.717) is 18.0 Å². The molecule has 1 aromatic carbocycles. The van der Waals surface area contributed by atoms with E-state index in [1.165, 1.54) is 6.08 Å². The Morgan fingerprint density at radius 1 is 1.58 bits per heavy atom. The minimum atomic E-state index is -0.172. The van der Waals surface area contributed by atoms with Gasteiger partial charge in [0.05, 0.1) is 12.3 Å². The Labute approximate surface area is 113 Å². The summed E-state index contributed by atoms with van der Waals surface area (Å²) in [6.45, 7) is 6.31. The van der Waals surface area contributed by atoms with Crippen LogP contribution < -0.4 is 14.8 Å². The van der Waals surface area contributed by atoms with Gasteiger partial charge in [0.15, 0.2) is 0 Å². The molecule has 1 unspecified atom stereocenters. The van der Waals surface area contributed by atoms with Gasteiger partial charge in [-0.05, 0) is 32.9 Å². The number of amides is 1. The number of hydrogen-bond donors (Lipinski definition) is 1. The average molecular weight is 261 g/mol. The first-order valence-corrected chi connectivity index (χ1v) is 6.54. The van der Waals surface area contributed by atoms with Gasteiger partial charge >= 0.3 is 0 Å². The van der Waals surface area contributed by atoms with Crippen molar-refractivity contribution >= 4 is 11.6 Å². The third-order valence-electron chi connectivity index (χ3n) is 2.87. The van der Waals surface area contributed by atoms with Crippen molar-refractivity contribution in [3.8, 4) is 11.5 Å². The second-order valence-electron chi connectivity index (χ2n) is 4.51. The fourth-order valence-corrected chi connectivity index (χ4v) is 2.14. The summed E-state index contributed by atoms with van der Waals surface area (Å²) in [6, 6.07) is 3.79. The first kappa shape index (κ1) is 13.5. The fourth-order valence-electron chi connectivity index (χ4n) is 2.14. The van der Waals surface area contributed by atoms with Crippen LogP contribution in [0.25, 0.3) is 0 Å². The van der Waals surface area contributed by atoms with Gasteiger partial charge in [0.25, 0.3) is 0 Å². The fraction of sp³-hybridized carbons (Fsp3) is 0.400. The number of anilines is 1. The van der Waals surface area contributed by atoms with E-state index < -0.39 is 0 Å². The summed E-state index contributed by atoms with van der Waals surface area (Å²) in [5.41, 5.74) is 1.78. The van der Waals surface area contributed by atoms with Gasteiger partial charge in [-0.25, -0.2) is 0 Å². The Balaban J connectivity index is 2.30. The molecule has 0 aliphatic carbocycles. The summed E-state index contributed by atoms with van der Waals surface area (Å²) in [4.78, 5) is 11.6. The van der Waals surface area contributed by atoms with Crippen molar-refractivity contribution < 1.29 is 14.3 Å². The van der Waals surface area contributed by atoms with Crippen LogP contribution in [0.4, 0.5) is 5.69 Å². The Hall–Kier alpha value is -1.97. The standard InChI is InChI=1S/C15H19NO3/c1-4-6-15(17)16-12-9-13-11(7-10(3)19-13)8-14(12)18-5-2/h4,6,8-10H,5,7H2,1-3H3,(H,16,17). The van der Waals surface area contributed by atoms with E-state index in [2.05, 4.69) is 5.32 Å². The van der Waals surface area contributed by atoms with Crippen molar-refractivity contribution in [3.05, 3.63) is 29.8 Å². The summed E-state index contributed by atoms with van der Waals surface area (Å²) in [5, 5.41) is 2.81. The zero-order chi connectivity index (χ0) is 13.8. The van der Waals surface area contributed by atoms with Crippen LogP contribution in [0.5, 0.6) is 11.5 Å². The van der Waals surface area contributed by atoms with E-state index >= 15 is 0 Å². The van der Waals surface area contributed by atoms with Gasteiger partial charge in [-0.1, -0.05) is 6.08 Å². The molecule has 4 heteroatoms. The molecule has 1 aliphatic heterocycles. The van der Waals surface area contributed by atoms with Gasteiger partial charge < -0.3 is 14.8 Å². The van der Waals surface area contributed by atoms with Crippen LogP contribution in [0.15, 0.2) is 24.3 Å². The number of carbonyl (C=O) groups is 1. The van der Waals surface area contributed by atoms with E-state index in [1.807, 2.05) is 26.0 Å². The van der Waals surface area contributed by atoms with Crippen LogP contribution in [-0.4, -0.2) is 18.6 Å². The highest BCUT2D eigenvalue weighted by Gasteiger charge is 2.22. The van der Waals surface area contributed by atoms with Crippen LogP contribution in [0.3, 0.4) is 0 Å². The van der Waals surface area contributed by atoms with Gasteiger partial charge in [0, 0.05) is 18.1 Å². The lowest BCUT2D eigenvalue weighted by atomic mass is 10.1. The van der Waals surface area contributed by atoms with Crippen molar-refractivity contribution in [2.45, 2.75) is 33.3 Å². The molecule has 0 saturated carbocycles. The number of hydrogen-bond acceptors (Lipinski definition) is 3. The quantitative estimate of drug-likeness (QED) is 0.848. The molecule has 19 heavy (non-hydrogen) atoms. The number of nitrogens with one attached hydrogen (secondary N) is 1. The zero-order valence-electron chi connectivity index (χ0n) is 11.5. The Kier molecular flexibility index (Phi) is 4.10. The third kappa shape index (κ3) is 3.08. The molecule has 0 fully saturated rings. The van der Waals surface area contributed by atoms with Crippen LogP contribution in [-0.2, 0) is 11.2 Å². The van der Waals surface area contributed by atoms with Crippen LogP contribution in [0.1, 0.15) is 26.3 Å². The highest BCUT2D eigenvalue weighted by molar-refractivity contribution is 6.00. The van der Waals surface area contributed by atoms with Gasteiger partial charge in [-0.15, -0.1) is 0 Å². The van der Waals surface area contributed by atoms with E-state index in [0.717, 1.165) is 17.7 Å². The Morgan fingerprint density at radius 2 is 2.37 bits per heavy atom. The lowest BCUT2D eigenvalue weighted by Crippen LogP contribution is -2.09. The molecule has 1 atom stereocenters. The summed E-state index contributed by atoms with van der Waals surface area (Å²) >= 11 is 0. The molecule has 1 aliphatic rings. The van der Waals surface area contributed by atoms with Crippen molar-refractivity contribution in [2.24, 2.45) is 0 Å². The first-order valence-electron chi connectivity index (χ1n) is 6.54. The lowest BCUT2D eigenvalue weighted by Gasteiger charge is -2.12. The van der Waals surface area contributed by atoms with Crippen LogP contribution in [0.2, 0.25) is 0 Å². The number of benzene rings is 1. The predicted octanol–water partition coefficient (Wildman–Crippen LogP) is 2.92. The molecule has 0 aromatic heterocycles. The van der Waals surface area contributed by atoms with Crippen molar-refractivity contribution in [1.82, 2.24) is 0 Å². The number of fused-ring (bicyclic) bond motifs is 1. The number of rotatable bonds is 4. The lowest BCUT2D eigenvalue weighted by molar-refractivity contribution is -0.111. The third-order valence-corrected chi connectivity index (χ3v) is 2.87. The molecule has 0 spiro atoms. The minimum Gasteiger partial charge on any atom is -0.492 e. The van der Waals surface area contributed by atoms with Gasteiger partial charge in [-0.3, -0.25) is 4.79 Å². The maximum Gasteiger partial charge on any atom is 0.248 e. The maximum atomic E-state index is 11.6. The second kappa shape index (κ2) is 5.78. The smallest absolute Gasteiger partial charge is 0.248 e. The molecule has 102 valence electrons. The van der Waals surface area contributed by atoms with E-state index in [4.69, 9.17) is 9.47 Å². The van der Waals surface area contributed by atoms with E-state index in [9.17, 15) is 4.79 Å². The average Bonchev–Trinajstić information content (AvgIpc) is 2.69. The highest BCUT2D eigenvalue weighted by Crippen LogP contribution is 2.37. The van der Waals surface area contributed by atoms with Gasteiger partial charge in [-0.2, -0.15) is 0 Å². The molecule has 0 saturated heterocycles. The molecule has 0 radical (unpaired) electrons. The molecule has 4 nitrogen and oxygen atoms in total. The van der Waals surface area contributed by atoms with Crippen molar-refractivity contribution in [1.29, 1.82) is 0 Å². The SMILES string of the molecule is CC=CC(=O)Nc1cc2c(cc1OCC)CC(C)O2. The monoisotopic (exact) mass is 261 g/mol. The summed E-state index contributed by atoms with van der Waals surface area (Å²) in [7, 11) is 0. The van der Waals surface area contributed by atoms with Crippen molar-refractivity contribution in [2.75, 3.05) is 11.9 Å². The maximum absolute atomic E-state index is 11.6. The summed E-state index contributed by atoms with van der Waals surface area (Å²) < 4.78 is 11.3. The topological polar surface area (TPSA) is 47.6 Å². The first-order chi connectivity index (χ1) is 9.13.